The molecule has 2 N–H and O–H groups in total. The van der Waals surface area contributed by atoms with E-state index in [1.165, 1.54) is 12.0 Å². The number of hydrogen-bond acceptors (Lipinski definition) is 4. The van der Waals surface area contributed by atoms with Gasteiger partial charge in [0, 0.05) is 7.05 Å². The Morgan fingerprint density at radius 1 is 1.31 bits per heavy atom. The Kier molecular flexibility index (Phi) is 4.02. The number of methoxy groups -OCH3 is 1. The van der Waals surface area contributed by atoms with Crippen molar-refractivity contribution >= 4 is 11.9 Å². The van der Waals surface area contributed by atoms with Crippen molar-refractivity contribution in [3.8, 4) is 0 Å². The van der Waals surface area contributed by atoms with Crippen LogP contribution in [0.3, 0.4) is 0 Å². The molecule has 0 aliphatic heterocycles. The predicted molar refractivity (Wildman–Crippen MR) is 58.9 cm³/mol. The Hall–Kier alpha value is -1.88. The standard InChI is InChI=1S/C11H14N2O3/c1-13(7-12)10(14)8-5-3-4-6-9(8)11(15)16-2/h3-6H,7,12H2,1-2H3. The van der Waals surface area contributed by atoms with Gasteiger partial charge in [-0.05, 0) is 12.1 Å². The lowest BCUT2D eigenvalue weighted by molar-refractivity contribution is 0.0592. The van der Waals surface area contributed by atoms with Gasteiger partial charge in [0.1, 0.15) is 0 Å². The quantitative estimate of drug-likeness (QED) is 0.595. The van der Waals surface area contributed by atoms with Gasteiger partial charge in [-0.15, -0.1) is 0 Å². The average Bonchev–Trinajstić information content (AvgIpc) is 2.35. The summed E-state index contributed by atoms with van der Waals surface area (Å²) in [6.45, 7) is 0.0916. The van der Waals surface area contributed by atoms with Crippen LogP contribution in [0.15, 0.2) is 24.3 Å². The van der Waals surface area contributed by atoms with Crippen LogP contribution in [0.2, 0.25) is 0 Å². The molecule has 5 heteroatoms. The molecule has 0 aliphatic carbocycles. The molecule has 0 bridgehead atoms. The summed E-state index contributed by atoms with van der Waals surface area (Å²) in [7, 11) is 2.84. The molecule has 0 aliphatic rings. The van der Waals surface area contributed by atoms with E-state index in [9.17, 15) is 9.59 Å². The van der Waals surface area contributed by atoms with Crippen molar-refractivity contribution in [3.63, 3.8) is 0 Å². The van der Waals surface area contributed by atoms with Gasteiger partial charge in [-0.1, -0.05) is 12.1 Å². The second-order valence-electron chi connectivity index (χ2n) is 3.22. The largest absolute Gasteiger partial charge is 0.465 e. The molecular weight excluding hydrogens is 208 g/mol. The van der Waals surface area contributed by atoms with Gasteiger partial charge in [-0.25, -0.2) is 4.79 Å². The lowest BCUT2D eigenvalue weighted by atomic mass is 10.1. The van der Waals surface area contributed by atoms with E-state index in [-0.39, 0.29) is 18.1 Å². The minimum absolute atomic E-state index is 0.0916. The van der Waals surface area contributed by atoms with Crippen LogP contribution in [0.25, 0.3) is 0 Å². The van der Waals surface area contributed by atoms with Crippen LogP contribution in [0.5, 0.6) is 0 Å². The molecule has 86 valence electrons. The number of carbonyl (C=O) groups excluding carboxylic acids is 2. The first-order valence-corrected chi connectivity index (χ1v) is 4.74. The molecule has 1 aromatic carbocycles. The van der Waals surface area contributed by atoms with Crippen molar-refractivity contribution in [2.24, 2.45) is 5.73 Å². The van der Waals surface area contributed by atoms with E-state index in [2.05, 4.69) is 4.74 Å². The summed E-state index contributed by atoms with van der Waals surface area (Å²) < 4.78 is 4.60. The average molecular weight is 222 g/mol. The van der Waals surface area contributed by atoms with Crippen molar-refractivity contribution in [2.45, 2.75) is 0 Å². The van der Waals surface area contributed by atoms with Crippen molar-refractivity contribution in [3.05, 3.63) is 35.4 Å². The number of ether oxygens (including phenoxy) is 1. The second kappa shape index (κ2) is 5.27. The number of esters is 1. The van der Waals surface area contributed by atoms with Crippen LogP contribution in [-0.4, -0.2) is 37.6 Å². The highest BCUT2D eigenvalue weighted by Gasteiger charge is 2.18. The smallest absolute Gasteiger partial charge is 0.338 e. The highest BCUT2D eigenvalue weighted by molar-refractivity contribution is 6.05. The first-order valence-electron chi connectivity index (χ1n) is 4.74. The van der Waals surface area contributed by atoms with Crippen LogP contribution < -0.4 is 5.73 Å². The topological polar surface area (TPSA) is 72.6 Å². The Morgan fingerprint density at radius 2 is 1.88 bits per heavy atom. The lowest BCUT2D eigenvalue weighted by Crippen LogP contribution is -2.33. The van der Waals surface area contributed by atoms with Gasteiger partial charge in [0.25, 0.3) is 5.91 Å². The summed E-state index contributed by atoms with van der Waals surface area (Å²) in [6.07, 6.45) is 0. The first-order chi connectivity index (χ1) is 7.61. The highest BCUT2D eigenvalue weighted by Crippen LogP contribution is 2.11. The fourth-order valence-electron chi connectivity index (χ4n) is 1.25. The molecule has 0 heterocycles. The van der Waals surface area contributed by atoms with E-state index in [1.54, 1.807) is 31.3 Å². The molecule has 0 spiro atoms. The summed E-state index contributed by atoms with van der Waals surface area (Å²) in [5.74, 6) is -0.835. The fourth-order valence-corrected chi connectivity index (χ4v) is 1.25. The summed E-state index contributed by atoms with van der Waals surface area (Å²) in [5.41, 5.74) is 5.90. The Labute approximate surface area is 93.8 Å². The van der Waals surface area contributed by atoms with Crippen molar-refractivity contribution in [2.75, 3.05) is 20.8 Å². The second-order valence-corrected chi connectivity index (χ2v) is 3.22. The minimum atomic E-state index is -0.533. The third-order valence-electron chi connectivity index (χ3n) is 2.18. The van der Waals surface area contributed by atoms with E-state index in [1.807, 2.05) is 0 Å². The molecule has 5 nitrogen and oxygen atoms in total. The van der Waals surface area contributed by atoms with Crippen LogP contribution in [-0.2, 0) is 4.74 Å². The summed E-state index contributed by atoms with van der Waals surface area (Å²) in [6, 6.07) is 6.47. The van der Waals surface area contributed by atoms with E-state index < -0.39 is 5.97 Å². The molecular formula is C11H14N2O3. The minimum Gasteiger partial charge on any atom is -0.465 e. The van der Waals surface area contributed by atoms with Gasteiger partial charge < -0.3 is 15.4 Å². The normalized spacial score (nSPS) is 9.69. The number of rotatable bonds is 3. The molecule has 0 atom stereocenters. The Bertz CT molecular complexity index is 404. The number of carbonyl (C=O) groups is 2. The summed E-state index contributed by atoms with van der Waals surface area (Å²) in [4.78, 5) is 24.6. The number of amides is 1. The maximum absolute atomic E-state index is 11.9. The third kappa shape index (κ3) is 2.38. The van der Waals surface area contributed by atoms with Gasteiger partial charge in [-0.3, -0.25) is 4.79 Å². The van der Waals surface area contributed by atoms with E-state index in [4.69, 9.17) is 5.73 Å². The van der Waals surface area contributed by atoms with Gasteiger partial charge in [-0.2, -0.15) is 0 Å². The van der Waals surface area contributed by atoms with Gasteiger partial charge >= 0.3 is 5.97 Å². The van der Waals surface area contributed by atoms with Crippen molar-refractivity contribution in [1.82, 2.24) is 4.90 Å². The molecule has 0 radical (unpaired) electrons. The number of nitrogens with zero attached hydrogens (tertiary/aromatic N) is 1. The Morgan fingerprint density at radius 3 is 2.38 bits per heavy atom. The van der Waals surface area contributed by atoms with Crippen LogP contribution in [0.4, 0.5) is 0 Å². The van der Waals surface area contributed by atoms with Gasteiger partial charge in [0.2, 0.25) is 0 Å². The maximum atomic E-state index is 11.9. The monoisotopic (exact) mass is 222 g/mol. The SMILES string of the molecule is COC(=O)c1ccccc1C(=O)N(C)CN. The maximum Gasteiger partial charge on any atom is 0.338 e. The molecule has 0 saturated heterocycles. The first kappa shape index (κ1) is 12.2. The molecule has 0 fully saturated rings. The van der Waals surface area contributed by atoms with Crippen molar-refractivity contribution in [1.29, 1.82) is 0 Å². The molecule has 0 unspecified atom stereocenters. The highest BCUT2D eigenvalue weighted by atomic mass is 16.5. The fraction of sp³-hybridized carbons (Fsp3) is 0.273. The zero-order valence-corrected chi connectivity index (χ0v) is 9.27. The summed E-state index contributed by atoms with van der Waals surface area (Å²) >= 11 is 0. The van der Waals surface area contributed by atoms with Crippen LogP contribution in [0.1, 0.15) is 20.7 Å². The van der Waals surface area contributed by atoms with Gasteiger partial charge in [0.15, 0.2) is 0 Å². The predicted octanol–water partition coefficient (Wildman–Crippen LogP) is 0.461. The lowest BCUT2D eigenvalue weighted by Gasteiger charge is -2.15. The zero-order chi connectivity index (χ0) is 12.1. The molecule has 1 rings (SSSR count). The van der Waals surface area contributed by atoms with Crippen molar-refractivity contribution < 1.29 is 14.3 Å². The zero-order valence-electron chi connectivity index (χ0n) is 9.27. The Balaban J connectivity index is 3.13. The van der Waals surface area contributed by atoms with Crippen LogP contribution >= 0.6 is 0 Å². The van der Waals surface area contributed by atoms with E-state index in [0.29, 0.717) is 5.56 Å². The third-order valence-corrected chi connectivity index (χ3v) is 2.18. The molecule has 0 aromatic heterocycles. The van der Waals surface area contributed by atoms with E-state index >= 15 is 0 Å². The number of nitrogens with two attached hydrogens (primary N) is 1. The molecule has 16 heavy (non-hydrogen) atoms. The molecule has 0 saturated carbocycles. The van der Waals surface area contributed by atoms with Gasteiger partial charge in [0.05, 0.1) is 24.9 Å². The number of hydrogen-bond donors (Lipinski definition) is 1. The molecule has 1 amide bonds. The molecule has 1 aromatic rings. The number of benzene rings is 1. The van der Waals surface area contributed by atoms with E-state index in [0.717, 1.165) is 0 Å². The van der Waals surface area contributed by atoms with Crippen LogP contribution in [0, 0.1) is 0 Å². The summed E-state index contributed by atoms with van der Waals surface area (Å²) in [5, 5.41) is 0.